The Labute approximate surface area is 319 Å². The van der Waals surface area contributed by atoms with E-state index in [2.05, 4.69) is 9.80 Å². The molecular formula is C41H60N2O11. The van der Waals surface area contributed by atoms with Crippen LogP contribution in [-0.4, -0.2) is 138 Å². The summed E-state index contributed by atoms with van der Waals surface area (Å²) in [5.41, 5.74) is 0.216. The minimum absolute atomic E-state index is 0.000664. The van der Waals surface area contributed by atoms with Crippen LogP contribution in [-0.2, 0) is 23.7 Å². The second-order valence-corrected chi connectivity index (χ2v) is 17.2. The number of ether oxygens (including phenoxy) is 6. The average Bonchev–Trinajstić information content (AvgIpc) is 3.85. The predicted octanol–water partition coefficient (Wildman–Crippen LogP) is 4.00. The van der Waals surface area contributed by atoms with Crippen molar-refractivity contribution in [3.8, 4) is 23.0 Å². The van der Waals surface area contributed by atoms with Crippen LogP contribution >= 0.6 is 0 Å². The van der Waals surface area contributed by atoms with Gasteiger partial charge in [0.15, 0.2) is 40.4 Å². The monoisotopic (exact) mass is 756 g/mol. The molecule has 2 aromatic rings. The molecule has 4 aliphatic heterocycles. The van der Waals surface area contributed by atoms with Crippen molar-refractivity contribution in [3.05, 3.63) is 47.5 Å². The van der Waals surface area contributed by atoms with Gasteiger partial charge in [-0.3, -0.25) is 14.6 Å². The van der Waals surface area contributed by atoms with Crippen molar-refractivity contribution in [1.29, 1.82) is 0 Å². The van der Waals surface area contributed by atoms with Gasteiger partial charge in [0.25, 0.3) is 0 Å². The summed E-state index contributed by atoms with van der Waals surface area (Å²) >= 11 is 0. The van der Waals surface area contributed by atoms with Crippen LogP contribution in [0.4, 0.5) is 0 Å². The first kappa shape index (κ1) is 40.6. The van der Waals surface area contributed by atoms with Gasteiger partial charge in [-0.05, 0) is 76.9 Å². The normalized spacial score (nSPS) is 33.4. The number of Topliss-reactive ketones (excluding diaryl/α,β-unsaturated/α-hetero) is 1. The maximum atomic E-state index is 15.7. The molecule has 0 spiro atoms. The van der Waals surface area contributed by atoms with Crippen LogP contribution in [0.25, 0.3) is 0 Å². The maximum absolute atomic E-state index is 15.7. The van der Waals surface area contributed by atoms with Crippen LogP contribution in [0.15, 0.2) is 36.4 Å². The highest BCUT2D eigenvalue weighted by Gasteiger charge is 2.58. The molecule has 10 atom stereocenters. The first-order valence-electron chi connectivity index (χ1n) is 19.0. The Morgan fingerprint density at radius 3 is 1.35 bits per heavy atom. The molecule has 0 aromatic heterocycles. The molecule has 2 aromatic carbocycles. The summed E-state index contributed by atoms with van der Waals surface area (Å²) < 4.78 is 35.8. The van der Waals surface area contributed by atoms with Gasteiger partial charge >= 0.3 is 0 Å². The first-order valence-corrected chi connectivity index (χ1v) is 19.0. The number of hydrogen-bond donors (Lipinski definition) is 4. The van der Waals surface area contributed by atoms with E-state index in [1.54, 1.807) is 38.1 Å². The van der Waals surface area contributed by atoms with Crippen molar-refractivity contribution < 1.29 is 53.6 Å². The summed E-state index contributed by atoms with van der Waals surface area (Å²) in [5, 5.41) is 44.3. The van der Waals surface area contributed by atoms with Crippen LogP contribution in [0, 0.1) is 10.8 Å². The van der Waals surface area contributed by atoms with E-state index in [1.807, 2.05) is 53.7 Å². The van der Waals surface area contributed by atoms with Crippen molar-refractivity contribution in [2.75, 3.05) is 53.6 Å². The number of rotatable bonds is 12. The molecule has 4 N–H and O–H groups in total. The lowest BCUT2D eigenvalue weighted by atomic mass is 9.72. The summed E-state index contributed by atoms with van der Waals surface area (Å²) in [6.45, 7) is 16.7. The number of aliphatic hydroxyl groups is 2. The lowest BCUT2D eigenvalue weighted by Crippen LogP contribution is -2.60. The van der Waals surface area contributed by atoms with Gasteiger partial charge in [0.1, 0.15) is 12.2 Å². The van der Waals surface area contributed by atoms with Crippen molar-refractivity contribution in [2.24, 2.45) is 10.8 Å². The number of carbonyl (C=O) groups is 1. The standard InChI is InChI=1S/C41H60N2O11/c1-23(44)40(7)21-42(17-27(40)25-11-13-31(49-9)29(46)15-25)35(33-19-51-38(3,4)53-33)37(48)36(34-20-52-39(5,6)54-34)43-18-28(41(8,22-43)24(2)45)26-12-14-32(50-10)30(47)16-26/h11-16,23-24,27-28,33-36,44-47H,17-22H2,1-10H3/t23-,24-,27+,28+,33-,34-,35?,36?,40+,41+/m1/s1. The fourth-order valence-corrected chi connectivity index (χ4v) is 9.31. The number of phenolic OH excluding ortho intramolecular Hbond substituents is 2. The molecule has 6 rings (SSSR count). The molecule has 4 heterocycles. The molecule has 2 unspecified atom stereocenters. The van der Waals surface area contributed by atoms with E-state index in [1.165, 1.54) is 14.2 Å². The van der Waals surface area contributed by atoms with Crippen molar-refractivity contribution in [2.45, 2.75) is 115 Å². The second-order valence-electron chi connectivity index (χ2n) is 17.2. The smallest absolute Gasteiger partial charge is 0.172 e. The Kier molecular flexibility index (Phi) is 11.2. The molecule has 0 radical (unpaired) electrons. The number of phenols is 2. The number of carbonyl (C=O) groups excluding carboxylic acids is 1. The van der Waals surface area contributed by atoms with Gasteiger partial charge in [-0.2, -0.15) is 0 Å². The van der Waals surface area contributed by atoms with E-state index in [-0.39, 0.29) is 42.3 Å². The summed E-state index contributed by atoms with van der Waals surface area (Å²) in [4.78, 5) is 20.0. The Hall–Kier alpha value is -3.01. The molecule has 4 fully saturated rings. The maximum Gasteiger partial charge on any atom is 0.172 e. The van der Waals surface area contributed by atoms with Crippen LogP contribution in [0.3, 0.4) is 0 Å². The molecule has 0 saturated carbocycles. The van der Waals surface area contributed by atoms with Gasteiger partial charge in [-0.1, -0.05) is 26.0 Å². The fourth-order valence-electron chi connectivity index (χ4n) is 9.31. The summed E-state index contributed by atoms with van der Waals surface area (Å²) in [6.07, 6.45) is -2.82. The first-order chi connectivity index (χ1) is 25.2. The van der Waals surface area contributed by atoms with Crippen LogP contribution in [0.1, 0.15) is 78.4 Å². The number of ketones is 1. The van der Waals surface area contributed by atoms with E-state index in [0.29, 0.717) is 37.7 Å². The Morgan fingerprint density at radius 1 is 0.704 bits per heavy atom. The Balaban J connectivity index is 1.42. The Bertz CT molecular complexity index is 1560. The second kappa shape index (κ2) is 14.8. The third kappa shape index (κ3) is 7.46. The molecule has 300 valence electrons. The number of hydrogen-bond acceptors (Lipinski definition) is 13. The number of aliphatic hydroxyl groups excluding tert-OH is 2. The number of nitrogens with zero attached hydrogens (tertiary/aromatic N) is 2. The predicted molar refractivity (Wildman–Crippen MR) is 200 cm³/mol. The number of benzene rings is 2. The lowest BCUT2D eigenvalue weighted by molar-refractivity contribution is -0.162. The highest BCUT2D eigenvalue weighted by Crippen LogP contribution is 2.51. The quantitative estimate of drug-likeness (QED) is 0.247. The molecule has 4 aliphatic rings. The van der Waals surface area contributed by atoms with Gasteiger partial charge in [-0.25, -0.2) is 0 Å². The molecule has 54 heavy (non-hydrogen) atoms. The molecule has 0 bridgehead atoms. The van der Waals surface area contributed by atoms with Gasteiger partial charge in [0, 0.05) is 48.8 Å². The van der Waals surface area contributed by atoms with Crippen molar-refractivity contribution >= 4 is 5.78 Å². The molecule has 0 aliphatic carbocycles. The van der Waals surface area contributed by atoms with Gasteiger partial charge < -0.3 is 48.8 Å². The number of methoxy groups -OCH3 is 2. The highest BCUT2D eigenvalue weighted by atomic mass is 16.7. The van der Waals surface area contributed by atoms with E-state index < -0.39 is 58.9 Å². The van der Waals surface area contributed by atoms with E-state index in [9.17, 15) is 20.4 Å². The minimum atomic E-state index is -0.928. The average molecular weight is 757 g/mol. The van der Waals surface area contributed by atoms with E-state index >= 15 is 4.79 Å². The SMILES string of the molecule is COc1ccc([C@@H]2CN(C(C(=O)C([C@H]3COC(C)(C)O3)N3C[C@@H](c4ccc(OC)c(O)c4)[C@](C)([C@@H](C)O)C3)[C@H]3COC(C)(C)O3)C[C@@]2(C)[C@@H](C)O)cc1O. The van der Waals surface area contributed by atoms with Gasteiger partial charge in [0.05, 0.1) is 51.7 Å². The summed E-state index contributed by atoms with van der Waals surface area (Å²) in [6, 6.07) is 8.95. The topological polar surface area (TPSA) is 160 Å². The van der Waals surface area contributed by atoms with Crippen molar-refractivity contribution in [1.82, 2.24) is 9.80 Å². The van der Waals surface area contributed by atoms with Gasteiger partial charge in [-0.15, -0.1) is 0 Å². The molecule has 0 amide bonds. The molecule has 4 saturated heterocycles. The van der Waals surface area contributed by atoms with Crippen LogP contribution in [0.2, 0.25) is 0 Å². The largest absolute Gasteiger partial charge is 0.504 e. The summed E-state index contributed by atoms with van der Waals surface area (Å²) in [5.74, 6) is -1.82. The zero-order valence-electron chi connectivity index (χ0n) is 33.4. The number of likely N-dealkylation sites (tertiary alicyclic amines) is 2. The minimum Gasteiger partial charge on any atom is -0.504 e. The summed E-state index contributed by atoms with van der Waals surface area (Å²) in [7, 11) is 2.99. The van der Waals surface area contributed by atoms with Gasteiger partial charge in [0.2, 0.25) is 0 Å². The fraction of sp³-hybridized carbons (Fsp3) is 0.683. The number of aromatic hydroxyl groups is 2. The van der Waals surface area contributed by atoms with E-state index in [0.717, 1.165) is 11.1 Å². The van der Waals surface area contributed by atoms with Crippen LogP contribution < -0.4 is 9.47 Å². The zero-order chi connectivity index (χ0) is 39.5. The highest BCUT2D eigenvalue weighted by molar-refractivity contribution is 5.90. The molecule has 13 heteroatoms. The third-order valence-corrected chi connectivity index (χ3v) is 12.8. The van der Waals surface area contributed by atoms with Crippen LogP contribution in [0.5, 0.6) is 23.0 Å². The van der Waals surface area contributed by atoms with E-state index in [4.69, 9.17) is 28.4 Å². The third-order valence-electron chi connectivity index (χ3n) is 12.8. The lowest BCUT2D eigenvalue weighted by Gasteiger charge is -2.39. The van der Waals surface area contributed by atoms with Crippen molar-refractivity contribution in [3.63, 3.8) is 0 Å². The Morgan fingerprint density at radius 2 is 1.07 bits per heavy atom. The zero-order valence-corrected chi connectivity index (χ0v) is 33.4. The molecule has 13 nitrogen and oxygen atoms in total. The molecular weight excluding hydrogens is 696 g/mol.